The summed E-state index contributed by atoms with van der Waals surface area (Å²) in [5.74, 6) is 0.160. The van der Waals surface area contributed by atoms with Gasteiger partial charge in [-0.2, -0.15) is 0 Å². The first kappa shape index (κ1) is 19.0. The van der Waals surface area contributed by atoms with Crippen LogP contribution in [0.4, 0.5) is 0 Å². The van der Waals surface area contributed by atoms with E-state index in [1.54, 1.807) is 24.3 Å². The minimum atomic E-state index is -0.299. The van der Waals surface area contributed by atoms with Crippen LogP contribution >= 0.6 is 15.9 Å². The van der Waals surface area contributed by atoms with E-state index in [2.05, 4.69) is 26.6 Å². The Kier molecular flexibility index (Phi) is 7.01. The number of rotatable bonds is 7. The maximum absolute atomic E-state index is 12.1. The van der Waals surface area contributed by atoms with Crippen LogP contribution in [0.1, 0.15) is 35.8 Å². The summed E-state index contributed by atoms with van der Waals surface area (Å²) >= 11 is 3.47. The third-order valence-corrected chi connectivity index (χ3v) is 4.31. The van der Waals surface area contributed by atoms with Gasteiger partial charge in [0.05, 0.1) is 19.2 Å². The fraction of sp³-hybridized carbons (Fsp3) is 0.263. The second-order valence-electron chi connectivity index (χ2n) is 5.45. The summed E-state index contributed by atoms with van der Waals surface area (Å²) < 4.78 is 6.27. The van der Waals surface area contributed by atoms with Crippen LogP contribution in [0.15, 0.2) is 53.0 Å². The normalized spacial score (nSPS) is 11.5. The van der Waals surface area contributed by atoms with Crippen molar-refractivity contribution < 1.29 is 14.3 Å². The molecule has 0 heterocycles. The first-order valence-electron chi connectivity index (χ1n) is 8.06. The number of benzene rings is 2. The SMILES string of the molecule is CCOc1ccc(C(=O)NCC(=O)N[C@@H](C)c2ccccc2Br)cc1. The maximum Gasteiger partial charge on any atom is 0.251 e. The third-order valence-electron chi connectivity index (χ3n) is 3.59. The molecule has 0 aromatic heterocycles. The molecule has 0 unspecified atom stereocenters. The summed E-state index contributed by atoms with van der Waals surface area (Å²) in [6, 6.07) is 14.3. The van der Waals surface area contributed by atoms with Gasteiger partial charge in [0.2, 0.25) is 5.91 Å². The molecule has 0 radical (unpaired) electrons. The Bertz CT molecular complexity index is 732. The number of nitrogens with one attached hydrogen (secondary N) is 2. The van der Waals surface area contributed by atoms with Gasteiger partial charge in [-0.3, -0.25) is 9.59 Å². The zero-order valence-corrected chi connectivity index (χ0v) is 15.8. The van der Waals surface area contributed by atoms with Crippen LogP contribution in [0.3, 0.4) is 0 Å². The minimum absolute atomic E-state index is 0.0825. The van der Waals surface area contributed by atoms with Gasteiger partial charge in [0.25, 0.3) is 5.91 Å². The first-order valence-corrected chi connectivity index (χ1v) is 8.85. The molecular weight excluding hydrogens is 384 g/mol. The highest BCUT2D eigenvalue weighted by Gasteiger charge is 2.13. The summed E-state index contributed by atoms with van der Waals surface area (Å²) in [6.07, 6.45) is 0. The van der Waals surface area contributed by atoms with Crippen LogP contribution in [-0.2, 0) is 4.79 Å². The average molecular weight is 405 g/mol. The van der Waals surface area contributed by atoms with E-state index < -0.39 is 0 Å². The molecule has 132 valence electrons. The standard InChI is InChI=1S/C19H21BrN2O3/c1-3-25-15-10-8-14(9-11-15)19(24)21-12-18(23)22-13(2)16-6-4-5-7-17(16)20/h4-11,13H,3,12H2,1-2H3,(H,21,24)(H,22,23)/t13-/m0/s1. The highest BCUT2D eigenvalue weighted by molar-refractivity contribution is 9.10. The highest BCUT2D eigenvalue weighted by Crippen LogP contribution is 2.22. The molecule has 0 bridgehead atoms. The van der Waals surface area contributed by atoms with Gasteiger partial charge in [0, 0.05) is 10.0 Å². The Morgan fingerprint density at radius 2 is 1.80 bits per heavy atom. The molecule has 6 heteroatoms. The van der Waals surface area contributed by atoms with Crippen molar-refractivity contribution in [2.75, 3.05) is 13.2 Å². The third kappa shape index (κ3) is 5.60. The van der Waals surface area contributed by atoms with Crippen molar-refractivity contribution >= 4 is 27.7 Å². The van der Waals surface area contributed by atoms with Crippen LogP contribution < -0.4 is 15.4 Å². The predicted octanol–water partition coefficient (Wildman–Crippen LogP) is 3.46. The monoisotopic (exact) mass is 404 g/mol. The predicted molar refractivity (Wildman–Crippen MR) is 101 cm³/mol. The zero-order valence-electron chi connectivity index (χ0n) is 14.2. The van der Waals surface area contributed by atoms with E-state index in [0.29, 0.717) is 17.9 Å². The number of ether oxygens (including phenoxy) is 1. The van der Waals surface area contributed by atoms with Gasteiger partial charge in [-0.25, -0.2) is 0 Å². The van der Waals surface area contributed by atoms with Crippen molar-refractivity contribution in [2.45, 2.75) is 19.9 Å². The quantitative estimate of drug-likeness (QED) is 0.742. The molecule has 1 atom stereocenters. The summed E-state index contributed by atoms with van der Waals surface area (Å²) in [6.45, 7) is 4.28. The van der Waals surface area contributed by atoms with E-state index in [4.69, 9.17) is 4.74 Å². The van der Waals surface area contributed by atoms with E-state index in [1.165, 1.54) is 0 Å². The Balaban J connectivity index is 1.84. The van der Waals surface area contributed by atoms with Crippen LogP contribution in [0, 0.1) is 0 Å². The topological polar surface area (TPSA) is 67.4 Å². The number of hydrogen-bond acceptors (Lipinski definition) is 3. The summed E-state index contributed by atoms with van der Waals surface area (Å²) in [5, 5.41) is 5.48. The molecule has 2 amide bonds. The first-order chi connectivity index (χ1) is 12.0. The molecule has 2 aromatic carbocycles. The number of carbonyl (C=O) groups is 2. The Morgan fingerprint density at radius 1 is 1.12 bits per heavy atom. The van der Waals surface area contributed by atoms with Crippen LogP contribution in [0.2, 0.25) is 0 Å². The second-order valence-corrected chi connectivity index (χ2v) is 6.31. The van der Waals surface area contributed by atoms with Gasteiger partial charge in [-0.15, -0.1) is 0 Å². The fourth-order valence-corrected chi connectivity index (χ4v) is 2.96. The lowest BCUT2D eigenvalue weighted by Gasteiger charge is -2.16. The van der Waals surface area contributed by atoms with E-state index >= 15 is 0 Å². The lowest BCUT2D eigenvalue weighted by molar-refractivity contribution is -0.120. The molecule has 0 saturated carbocycles. The second kappa shape index (κ2) is 9.22. The number of halogens is 1. The van der Waals surface area contributed by atoms with Crippen molar-refractivity contribution in [2.24, 2.45) is 0 Å². The Labute approximate surface area is 155 Å². The van der Waals surface area contributed by atoms with Crippen molar-refractivity contribution in [1.29, 1.82) is 0 Å². The van der Waals surface area contributed by atoms with Crippen molar-refractivity contribution in [3.63, 3.8) is 0 Å². The van der Waals surface area contributed by atoms with Crippen molar-refractivity contribution in [3.05, 3.63) is 64.1 Å². The molecule has 0 saturated heterocycles. The Morgan fingerprint density at radius 3 is 2.44 bits per heavy atom. The maximum atomic E-state index is 12.1. The highest BCUT2D eigenvalue weighted by atomic mass is 79.9. The van der Waals surface area contributed by atoms with E-state index in [9.17, 15) is 9.59 Å². The van der Waals surface area contributed by atoms with Gasteiger partial charge >= 0.3 is 0 Å². The molecule has 0 fully saturated rings. The summed E-state index contributed by atoms with van der Waals surface area (Å²) in [5.41, 5.74) is 1.46. The smallest absolute Gasteiger partial charge is 0.251 e. The van der Waals surface area contributed by atoms with Gasteiger partial charge < -0.3 is 15.4 Å². The lowest BCUT2D eigenvalue weighted by atomic mass is 10.1. The number of hydrogen-bond donors (Lipinski definition) is 2. The number of amides is 2. The molecule has 0 aliphatic rings. The summed E-state index contributed by atoms with van der Waals surface area (Å²) in [7, 11) is 0. The lowest BCUT2D eigenvalue weighted by Crippen LogP contribution is -2.38. The van der Waals surface area contributed by atoms with Crippen molar-refractivity contribution in [1.82, 2.24) is 10.6 Å². The molecule has 0 aliphatic carbocycles. The Hall–Kier alpha value is -2.34. The molecule has 2 rings (SSSR count). The largest absolute Gasteiger partial charge is 0.494 e. The molecule has 2 N–H and O–H groups in total. The van der Waals surface area contributed by atoms with E-state index in [-0.39, 0.29) is 24.4 Å². The van der Waals surface area contributed by atoms with Crippen LogP contribution in [-0.4, -0.2) is 25.0 Å². The number of carbonyl (C=O) groups excluding carboxylic acids is 2. The molecule has 0 aliphatic heterocycles. The van der Waals surface area contributed by atoms with Crippen LogP contribution in [0.25, 0.3) is 0 Å². The molecular formula is C19H21BrN2O3. The average Bonchev–Trinajstić information content (AvgIpc) is 2.61. The molecule has 2 aromatic rings. The molecule has 0 spiro atoms. The van der Waals surface area contributed by atoms with Crippen molar-refractivity contribution in [3.8, 4) is 5.75 Å². The zero-order chi connectivity index (χ0) is 18.2. The van der Waals surface area contributed by atoms with Gasteiger partial charge in [-0.1, -0.05) is 34.1 Å². The van der Waals surface area contributed by atoms with Crippen LogP contribution in [0.5, 0.6) is 5.75 Å². The fourth-order valence-electron chi connectivity index (χ4n) is 2.33. The van der Waals surface area contributed by atoms with E-state index in [0.717, 1.165) is 10.0 Å². The molecule has 5 nitrogen and oxygen atoms in total. The summed E-state index contributed by atoms with van der Waals surface area (Å²) in [4.78, 5) is 24.1. The van der Waals surface area contributed by atoms with Gasteiger partial charge in [0.15, 0.2) is 0 Å². The molecule has 25 heavy (non-hydrogen) atoms. The van der Waals surface area contributed by atoms with Gasteiger partial charge in [0.1, 0.15) is 5.75 Å². The van der Waals surface area contributed by atoms with Gasteiger partial charge in [-0.05, 0) is 49.7 Å². The minimum Gasteiger partial charge on any atom is -0.494 e. The van der Waals surface area contributed by atoms with E-state index in [1.807, 2.05) is 38.1 Å².